The number of halogens is 1. The molecule has 0 spiro atoms. The van der Waals surface area contributed by atoms with Crippen molar-refractivity contribution in [3.05, 3.63) is 35.1 Å². The van der Waals surface area contributed by atoms with E-state index in [1.54, 1.807) is 13.0 Å². The van der Waals surface area contributed by atoms with Crippen LogP contribution in [0.5, 0.6) is 0 Å². The Balaban J connectivity index is 1.81. The number of aryl methyl sites for hydroxylation is 1. The molecule has 1 saturated heterocycles. The summed E-state index contributed by atoms with van der Waals surface area (Å²) in [6.45, 7) is 3.27. The summed E-state index contributed by atoms with van der Waals surface area (Å²) in [5.41, 5.74) is 1.35. The highest BCUT2D eigenvalue weighted by Gasteiger charge is 2.25. The van der Waals surface area contributed by atoms with Crippen LogP contribution in [0.15, 0.2) is 18.2 Å². The number of benzene rings is 1. The van der Waals surface area contributed by atoms with E-state index in [1.807, 2.05) is 11.0 Å². The lowest BCUT2D eigenvalue weighted by atomic mass is 10.1. The number of carbonyl (C=O) groups excluding carboxylic acids is 1. The first kappa shape index (κ1) is 14.9. The van der Waals surface area contributed by atoms with Crippen LogP contribution in [0.3, 0.4) is 0 Å². The predicted octanol–water partition coefficient (Wildman–Crippen LogP) is 1.21. The molecule has 1 aliphatic heterocycles. The highest BCUT2D eigenvalue weighted by atomic mass is 19.1. The Bertz CT molecular complexity index is 479. The number of hydrogen-bond donors (Lipinski definition) is 2. The number of rotatable bonds is 5. The van der Waals surface area contributed by atoms with Crippen LogP contribution in [0, 0.1) is 12.7 Å². The molecule has 0 aromatic heterocycles. The highest BCUT2D eigenvalue weighted by Crippen LogP contribution is 2.15. The van der Waals surface area contributed by atoms with Crippen molar-refractivity contribution in [3.63, 3.8) is 0 Å². The molecule has 0 bridgehead atoms. The van der Waals surface area contributed by atoms with E-state index in [4.69, 9.17) is 0 Å². The number of nitrogens with one attached hydrogen (secondary N) is 1. The maximum absolute atomic E-state index is 13.4. The second-order valence-corrected chi connectivity index (χ2v) is 5.31. The lowest BCUT2D eigenvalue weighted by molar-refractivity contribution is -0.122. The Kier molecular flexibility index (Phi) is 5.09. The monoisotopic (exact) mass is 280 g/mol. The molecular weight excluding hydrogens is 259 g/mol. The van der Waals surface area contributed by atoms with Crippen molar-refractivity contribution in [2.24, 2.45) is 0 Å². The van der Waals surface area contributed by atoms with Gasteiger partial charge in [-0.3, -0.25) is 9.69 Å². The number of likely N-dealkylation sites (tertiary alicyclic amines) is 1. The molecule has 2 N–H and O–H groups in total. The Morgan fingerprint density at radius 2 is 2.35 bits per heavy atom. The first-order valence-electron chi connectivity index (χ1n) is 6.97. The third kappa shape index (κ3) is 3.77. The van der Waals surface area contributed by atoms with Crippen molar-refractivity contribution in [1.82, 2.24) is 10.2 Å². The van der Waals surface area contributed by atoms with Gasteiger partial charge in [0, 0.05) is 12.6 Å². The maximum atomic E-state index is 13.4. The normalized spacial score (nSPS) is 19.2. The summed E-state index contributed by atoms with van der Waals surface area (Å²) in [5, 5.41) is 12.0. The van der Waals surface area contributed by atoms with Crippen LogP contribution < -0.4 is 5.32 Å². The van der Waals surface area contributed by atoms with E-state index in [0.29, 0.717) is 18.7 Å². The van der Waals surface area contributed by atoms with E-state index in [2.05, 4.69) is 5.32 Å². The molecule has 110 valence electrons. The lowest BCUT2D eigenvalue weighted by Crippen LogP contribution is -2.40. The first-order valence-corrected chi connectivity index (χ1v) is 6.97. The molecule has 20 heavy (non-hydrogen) atoms. The van der Waals surface area contributed by atoms with Gasteiger partial charge >= 0.3 is 0 Å². The minimum atomic E-state index is -0.253. The molecule has 5 heteroatoms. The number of nitrogens with zero attached hydrogens (tertiary/aromatic N) is 1. The highest BCUT2D eigenvalue weighted by molar-refractivity contribution is 5.78. The number of hydrogen-bond acceptors (Lipinski definition) is 3. The molecule has 1 heterocycles. The SMILES string of the molecule is Cc1ccc(CNC(=O)CN2CCCC2CO)cc1F. The summed E-state index contributed by atoms with van der Waals surface area (Å²) in [6.07, 6.45) is 1.95. The largest absolute Gasteiger partial charge is 0.395 e. The molecule has 0 radical (unpaired) electrons. The zero-order chi connectivity index (χ0) is 14.5. The zero-order valence-corrected chi connectivity index (χ0v) is 11.7. The Hall–Kier alpha value is -1.46. The summed E-state index contributed by atoms with van der Waals surface area (Å²) in [4.78, 5) is 13.8. The molecule has 1 aliphatic rings. The van der Waals surface area contributed by atoms with Gasteiger partial charge in [0.1, 0.15) is 5.82 Å². The average Bonchev–Trinajstić information content (AvgIpc) is 2.87. The summed E-state index contributed by atoms with van der Waals surface area (Å²) >= 11 is 0. The van der Waals surface area contributed by atoms with E-state index >= 15 is 0 Å². The summed E-state index contributed by atoms with van der Waals surface area (Å²) in [6, 6.07) is 5.06. The van der Waals surface area contributed by atoms with E-state index in [-0.39, 0.29) is 24.4 Å². The fraction of sp³-hybridized carbons (Fsp3) is 0.533. The minimum absolute atomic E-state index is 0.0914. The lowest BCUT2D eigenvalue weighted by Gasteiger charge is -2.21. The molecule has 1 amide bonds. The van der Waals surface area contributed by atoms with Crippen molar-refractivity contribution < 1.29 is 14.3 Å². The average molecular weight is 280 g/mol. The molecule has 0 aliphatic carbocycles. The van der Waals surface area contributed by atoms with Crippen molar-refractivity contribution in [3.8, 4) is 0 Å². The van der Waals surface area contributed by atoms with Crippen molar-refractivity contribution >= 4 is 5.91 Å². The molecular formula is C15H21FN2O2. The summed E-state index contributed by atoms with van der Waals surface area (Å²) < 4.78 is 13.4. The number of aliphatic hydroxyl groups excluding tert-OH is 1. The van der Waals surface area contributed by atoms with Crippen LogP contribution in [0.25, 0.3) is 0 Å². The van der Waals surface area contributed by atoms with E-state index in [9.17, 15) is 14.3 Å². The Labute approximate surface area is 118 Å². The van der Waals surface area contributed by atoms with Crippen LogP contribution in [-0.2, 0) is 11.3 Å². The summed E-state index contributed by atoms with van der Waals surface area (Å²) in [5.74, 6) is -0.344. The first-order chi connectivity index (χ1) is 9.60. The summed E-state index contributed by atoms with van der Waals surface area (Å²) in [7, 11) is 0. The van der Waals surface area contributed by atoms with Gasteiger partial charge in [-0.15, -0.1) is 0 Å². The van der Waals surface area contributed by atoms with Gasteiger partial charge in [-0.05, 0) is 43.5 Å². The molecule has 1 unspecified atom stereocenters. The van der Waals surface area contributed by atoms with Crippen LogP contribution in [0.4, 0.5) is 4.39 Å². The van der Waals surface area contributed by atoms with Gasteiger partial charge in [0.05, 0.1) is 13.2 Å². The standard InChI is InChI=1S/C15H21FN2O2/c1-11-4-5-12(7-14(11)16)8-17-15(20)9-18-6-2-3-13(18)10-19/h4-5,7,13,19H,2-3,6,8-10H2,1H3,(H,17,20). The van der Waals surface area contributed by atoms with Crippen molar-refractivity contribution in [2.45, 2.75) is 32.4 Å². The Morgan fingerprint density at radius 1 is 1.55 bits per heavy atom. The molecule has 1 aromatic rings. The fourth-order valence-corrected chi connectivity index (χ4v) is 2.50. The number of carbonyl (C=O) groups is 1. The second-order valence-electron chi connectivity index (χ2n) is 5.31. The van der Waals surface area contributed by atoms with Gasteiger partial charge in [0.15, 0.2) is 0 Å². The van der Waals surface area contributed by atoms with E-state index < -0.39 is 0 Å². The van der Waals surface area contributed by atoms with Crippen LogP contribution >= 0.6 is 0 Å². The van der Waals surface area contributed by atoms with Gasteiger partial charge in [-0.2, -0.15) is 0 Å². The van der Waals surface area contributed by atoms with Crippen LogP contribution in [-0.4, -0.2) is 41.7 Å². The predicted molar refractivity (Wildman–Crippen MR) is 74.7 cm³/mol. The third-order valence-corrected chi connectivity index (χ3v) is 3.78. The maximum Gasteiger partial charge on any atom is 0.234 e. The van der Waals surface area contributed by atoms with E-state index in [0.717, 1.165) is 24.9 Å². The van der Waals surface area contributed by atoms with Crippen LogP contribution in [0.2, 0.25) is 0 Å². The molecule has 1 fully saturated rings. The van der Waals surface area contributed by atoms with E-state index in [1.165, 1.54) is 6.07 Å². The molecule has 2 rings (SSSR count). The van der Waals surface area contributed by atoms with Crippen molar-refractivity contribution in [2.75, 3.05) is 19.7 Å². The minimum Gasteiger partial charge on any atom is -0.395 e. The molecule has 1 aromatic carbocycles. The van der Waals surface area contributed by atoms with Crippen LogP contribution in [0.1, 0.15) is 24.0 Å². The molecule has 4 nitrogen and oxygen atoms in total. The van der Waals surface area contributed by atoms with Crippen molar-refractivity contribution in [1.29, 1.82) is 0 Å². The number of amides is 1. The topological polar surface area (TPSA) is 52.6 Å². The Morgan fingerprint density at radius 3 is 3.05 bits per heavy atom. The molecule has 1 atom stereocenters. The quantitative estimate of drug-likeness (QED) is 0.852. The third-order valence-electron chi connectivity index (χ3n) is 3.78. The molecule has 0 saturated carbocycles. The number of aliphatic hydroxyl groups is 1. The van der Waals surface area contributed by atoms with Gasteiger partial charge in [-0.25, -0.2) is 4.39 Å². The second kappa shape index (κ2) is 6.81. The van der Waals surface area contributed by atoms with Gasteiger partial charge in [-0.1, -0.05) is 12.1 Å². The van der Waals surface area contributed by atoms with Gasteiger partial charge in [0.2, 0.25) is 5.91 Å². The van der Waals surface area contributed by atoms with Gasteiger partial charge in [0.25, 0.3) is 0 Å². The fourth-order valence-electron chi connectivity index (χ4n) is 2.50. The smallest absolute Gasteiger partial charge is 0.234 e. The zero-order valence-electron chi connectivity index (χ0n) is 11.7. The van der Waals surface area contributed by atoms with Gasteiger partial charge < -0.3 is 10.4 Å².